The maximum absolute atomic E-state index is 12.7. The first-order valence-corrected chi connectivity index (χ1v) is 9.69. The number of aryl methyl sites for hydroxylation is 1. The summed E-state index contributed by atoms with van der Waals surface area (Å²) in [6.07, 6.45) is 4.07. The molecular formula is C21H23Cl2NO2. The van der Waals surface area contributed by atoms with Gasteiger partial charge in [-0.3, -0.25) is 4.79 Å². The molecular weight excluding hydrogens is 369 g/mol. The number of amides is 1. The van der Waals surface area contributed by atoms with Crippen LogP contribution in [0.2, 0.25) is 10.0 Å². The Morgan fingerprint density at radius 3 is 2.73 bits per heavy atom. The molecule has 26 heavy (non-hydrogen) atoms. The number of nitrogens with zero attached hydrogens (tertiary/aromatic N) is 1. The van der Waals surface area contributed by atoms with Gasteiger partial charge in [-0.15, -0.1) is 0 Å². The second-order valence-electron chi connectivity index (χ2n) is 6.65. The van der Waals surface area contributed by atoms with Crippen molar-refractivity contribution in [1.29, 1.82) is 0 Å². The maximum Gasteiger partial charge on any atom is 0.223 e. The van der Waals surface area contributed by atoms with Crippen molar-refractivity contribution in [2.75, 3.05) is 13.7 Å². The third-order valence-corrected chi connectivity index (χ3v) is 5.62. The second-order valence-corrected chi connectivity index (χ2v) is 7.46. The Morgan fingerprint density at radius 1 is 1.19 bits per heavy atom. The van der Waals surface area contributed by atoms with Gasteiger partial charge >= 0.3 is 0 Å². The highest BCUT2D eigenvalue weighted by atomic mass is 35.5. The van der Waals surface area contributed by atoms with Crippen LogP contribution >= 0.6 is 23.2 Å². The first-order chi connectivity index (χ1) is 12.6. The lowest BCUT2D eigenvalue weighted by molar-refractivity contribution is -0.131. The molecule has 5 heteroatoms. The number of carbonyl (C=O) groups is 1. The molecule has 1 aliphatic heterocycles. The third-order valence-electron chi connectivity index (χ3n) is 4.95. The maximum atomic E-state index is 12.7. The number of hydrogen-bond acceptors (Lipinski definition) is 2. The quantitative estimate of drug-likeness (QED) is 0.679. The standard InChI is InChI=1S/C21H23Cl2NO2/c1-26-20-10-8-15(13-19(20)23)9-11-21(25)24-12-4-6-17(24)14-16-5-2-3-7-18(16)22/h2-3,5,7-8,10,13,17H,4,6,9,11-12,14H2,1H3. The van der Waals surface area contributed by atoms with Crippen LogP contribution in [-0.2, 0) is 17.6 Å². The van der Waals surface area contributed by atoms with E-state index >= 15 is 0 Å². The smallest absolute Gasteiger partial charge is 0.223 e. The Morgan fingerprint density at radius 2 is 2.00 bits per heavy atom. The Balaban J connectivity index is 1.60. The summed E-state index contributed by atoms with van der Waals surface area (Å²) >= 11 is 12.5. The predicted molar refractivity (Wildman–Crippen MR) is 106 cm³/mol. The number of benzene rings is 2. The SMILES string of the molecule is COc1ccc(CCC(=O)N2CCCC2Cc2ccccc2Cl)cc1Cl. The molecule has 3 nitrogen and oxygen atoms in total. The first kappa shape index (κ1) is 19.1. The summed E-state index contributed by atoms with van der Waals surface area (Å²) in [4.78, 5) is 14.8. The van der Waals surface area contributed by atoms with Gasteiger partial charge in [-0.05, 0) is 55.0 Å². The van der Waals surface area contributed by atoms with E-state index in [4.69, 9.17) is 27.9 Å². The zero-order valence-electron chi connectivity index (χ0n) is 14.9. The van der Waals surface area contributed by atoms with Crippen molar-refractivity contribution in [3.05, 3.63) is 63.6 Å². The Kier molecular flexibility index (Phi) is 6.44. The van der Waals surface area contributed by atoms with Crippen LogP contribution in [-0.4, -0.2) is 30.5 Å². The molecule has 2 aromatic rings. The van der Waals surface area contributed by atoms with Crippen LogP contribution in [0.5, 0.6) is 5.75 Å². The fourth-order valence-electron chi connectivity index (χ4n) is 3.55. The highest BCUT2D eigenvalue weighted by Gasteiger charge is 2.28. The van der Waals surface area contributed by atoms with Crippen LogP contribution in [0.1, 0.15) is 30.4 Å². The molecule has 0 radical (unpaired) electrons. The summed E-state index contributed by atoms with van der Waals surface area (Å²) in [5, 5.41) is 1.36. The van der Waals surface area contributed by atoms with Crippen LogP contribution < -0.4 is 4.74 Å². The van der Waals surface area contributed by atoms with Crippen molar-refractivity contribution in [2.45, 2.75) is 38.1 Å². The molecule has 3 rings (SSSR count). The highest BCUT2D eigenvalue weighted by molar-refractivity contribution is 6.32. The van der Waals surface area contributed by atoms with Crippen LogP contribution in [0.15, 0.2) is 42.5 Å². The van der Waals surface area contributed by atoms with Gasteiger partial charge in [0.25, 0.3) is 0 Å². The minimum atomic E-state index is 0.200. The van der Waals surface area contributed by atoms with Gasteiger partial charge in [0.1, 0.15) is 5.75 Å². The Labute approximate surface area is 164 Å². The normalized spacial score (nSPS) is 16.7. The molecule has 138 valence electrons. The molecule has 1 atom stereocenters. The lowest BCUT2D eigenvalue weighted by Crippen LogP contribution is -2.37. The lowest BCUT2D eigenvalue weighted by atomic mass is 10.0. The van der Waals surface area contributed by atoms with Gasteiger partial charge in [0.15, 0.2) is 0 Å². The fraction of sp³-hybridized carbons (Fsp3) is 0.381. The number of rotatable bonds is 6. The van der Waals surface area contributed by atoms with E-state index in [2.05, 4.69) is 0 Å². The largest absolute Gasteiger partial charge is 0.495 e. The Bertz CT molecular complexity index is 778. The van der Waals surface area contributed by atoms with E-state index in [-0.39, 0.29) is 11.9 Å². The molecule has 1 amide bonds. The summed E-state index contributed by atoms with van der Waals surface area (Å²) in [7, 11) is 1.59. The number of methoxy groups -OCH3 is 1. The lowest BCUT2D eigenvalue weighted by Gasteiger charge is -2.25. The van der Waals surface area contributed by atoms with E-state index in [9.17, 15) is 4.79 Å². The molecule has 0 aliphatic carbocycles. The molecule has 0 spiro atoms. The van der Waals surface area contributed by atoms with E-state index in [1.807, 2.05) is 47.4 Å². The van der Waals surface area contributed by atoms with Gasteiger partial charge in [0.2, 0.25) is 5.91 Å². The van der Waals surface area contributed by atoms with Gasteiger partial charge < -0.3 is 9.64 Å². The van der Waals surface area contributed by atoms with Crippen molar-refractivity contribution in [3.63, 3.8) is 0 Å². The van der Waals surface area contributed by atoms with Crippen molar-refractivity contribution >= 4 is 29.1 Å². The summed E-state index contributed by atoms with van der Waals surface area (Å²) < 4.78 is 5.17. The van der Waals surface area contributed by atoms with Crippen LogP contribution in [0.25, 0.3) is 0 Å². The molecule has 1 heterocycles. The summed E-state index contributed by atoms with van der Waals surface area (Å²) in [5.74, 6) is 0.854. The fourth-order valence-corrected chi connectivity index (χ4v) is 4.05. The molecule has 1 unspecified atom stereocenters. The zero-order chi connectivity index (χ0) is 18.5. The van der Waals surface area contributed by atoms with Crippen LogP contribution in [0.4, 0.5) is 0 Å². The van der Waals surface area contributed by atoms with Crippen molar-refractivity contribution in [2.24, 2.45) is 0 Å². The van der Waals surface area contributed by atoms with Crippen molar-refractivity contribution < 1.29 is 9.53 Å². The molecule has 0 aromatic heterocycles. The number of ether oxygens (including phenoxy) is 1. The second kappa shape index (κ2) is 8.79. The average molecular weight is 392 g/mol. The molecule has 1 aliphatic rings. The van der Waals surface area contributed by atoms with Crippen molar-refractivity contribution in [3.8, 4) is 5.75 Å². The van der Waals surface area contributed by atoms with Gasteiger partial charge in [-0.2, -0.15) is 0 Å². The molecule has 0 bridgehead atoms. The van der Waals surface area contributed by atoms with E-state index in [1.165, 1.54) is 0 Å². The van der Waals surface area contributed by atoms with Gasteiger partial charge in [0.05, 0.1) is 12.1 Å². The Hall–Kier alpha value is -1.71. The summed E-state index contributed by atoms with van der Waals surface area (Å²) in [5.41, 5.74) is 2.16. The first-order valence-electron chi connectivity index (χ1n) is 8.94. The average Bonchev–Trinajstić information content (AvgIpc) is 3.10. The monoisotopic (exact) mass is 391 g/mol. The van der Waals surface area contributed by atoms with Gasteiger partial charge in [0, 0.05) is 24.0 Å². The molecule has 2 aromatic carbocycles. The number of carbonyl (C=O) groups excluding carboxylic acids is 1. The van der Waals surface area contributed by atoms with Crippen LogP contribution in [0, 0.1) is 0 Å². The van der Waals surface area contributed by atoms with E-state index in [0.717, 1.165) is 42.0 Å². The minimum Gasteiger partial charge on any atom is -0.495 e. The minimum absolute atomic E-state index is 0.200. The molecule has 1 fully saturated rings. The number of hydrogen-bond donors (Lipinski definition) is 0. The third kappa shape index (κ3) is 4.52. The van der Waals surface area contributed by atoms with Crippen molar-refractivity contribution in [1.82, 2.24) is 4.90 Å². The molecule has 1 saturated heterocycles. The van der Waals surface area contributed by atoms with E-state index in [1.54, 1.807) is 7.11 Å². The summed E-state index contributed by atoms with van der Waals surface area (Å²) in [6.45, 7) is 0.831. The topological polar surface area (TPSA) is 29.5 Å². The number of halogens is 2. The predicted octanol–water partition coefficient (Wildman–Crippen LogP) is 5.17. The van der Waals surface area contributed by atoms with Gasteiger partial charge in [-0.25, -0.2) is 0 Å². The molecule has 0 saturated carbocycles. The summed E-state index contributed by atoms with van der Waals surface area (Å²) in [6, 6.07) is 13.8. The highest BCUT2D eigenvalue weighted by Crippen LogP contribution is 2.27. The zero-order valence-corrected chi connectivity index (χ0v) is 16.4. The number of likely N-dealkylation sites (tertiary alicyclic amines) is 1. The van der Waals surface area contributed by atoms with Crippen LogP contribution in [0.3, 0.4) is 0 Å². The van der Waals surface area contributed by atoms with Gasteiger partial charge in [-0.1, -0.05) is 47.5 Å². The van der Waals surface area contributed by atoms with E-state index < -0.39 is 0 Å². The molecule has 0 N–H and O–H groups in total. The van der Waals surface area contributed by atoms with E-state index in [0.29, 0.717) is 23.6 Å².